The van der Waals surface area contributed by atoms with E-state index in [0.29, 0.717) is 34.4 Å². The van der Waals surface area contributed by atoms with Crippen molar-refractivity contribution in [2.45, 2.75) is 18.5 Å². The van der Waals surface area contributed by atoms with E-state index in [4.69, 9.17) is 4.42 Å². The van der Waals surface area contributed by atoms with Crippen LogP contribution in [0.25, 0.3) is 11.6 Å². The Morgan fingerprint density at radius 3 is 2.56 bits per heavy atom. The van der Waals surface area contributed by atoms with E-state index in [2.05, 4.69) is 9.97 Å². The summed E-state index contributed by atoms with van der Waals surface area (Å²) in [6.45, 7) is 2.37. The van der Waals surface area contributed by atoms with Crippen LogP contribution in [0.15, 0.2) is 58.2 Å². The average molecular weight is 353 g/mol. The molecular weight excluding hydrogens is 334 g/mol. The van der Waals surface area contributed by atoms with Gasteiger partial charge in [-0.3, -0.25) is 4.79 Å². The van der Waals surface area contributed by atoms with Crippen LogP contribution >= 0.6 is 11.8 Å². The number of aryl methyl sites for hydroxylation is 1. The molecule has 6 heteroatoms. The zero-order valence-electron chi connectivity index (χ0n) is 14.4. The monoisotopic (exact) mass is 353 g/mol. The first-order chi connectivity index (χ1) is 12.1. The predicted molar refractivity (Wildman–Crippen MR) is 98.5 cm³/mol. The SMILES string of the molecule is CSc1nc(-c2ccco2)nc(C)c1C(=O)N(C)Cc1ccccc1. The molecule has 0 saturated heterocycles. The number of aromatic nitrogens is 2. The van der Waals surface area contributed by atoms with Crippen molar-refractivity contribution in [3.05, 3.63) is 65.5 Å². The maximum absolute atomic E-state index is 13.0. The molecule has 0 fully saturated rings. The first kappa shape index (κ1) is 17.2. The van der Waals surface area contributed by atoms with E-state index < -0.39 is 0 Å². The number of nitrogens with zero attached hydrogens (tertiary/aromatic N) is 3. The average Bonchev–Trinajstić information content (AvgIpc) is 3.16. The number of carbonyl (C=O) groups is 1. The first-order valence-corrected chi connectivity index (χ1v) is 9.08. The molecule has 0 saturated carbocycles. The summed E-state index contributed by atoms with van der Waals surface area (Å²) in [4.78, 5) is 23.6. The number of hydrogen-bond acceptors (Lipinski definition) is 5. The fourth-order valence-corrected chi connectivity index (χ4v) is 3.19. The highest BCUT2D eigenvalue weighted by Gasteiger charge is 2.22. The topological polar surface area (TPSA) is 59.2 Å². The minimum absolute atomic E-state index is 0.0864. The molecule has 1 amide bonds. The quantitative estimate of drug-likeness (QED) is 0.512. The Labute approximate surface area is 151 Å². The molecule has 3 aromatic rings. The van der Waals surface area contributed by atoms with Gasteiger partial charge in [0.05, 0.1) is 17.5 Å². The van der Waals surface area contributed by atoms with Crippen molar-refractivity contribution in [1.82, 2.24) is 14.9 Å². The van der Waals surface area contributed by atoms with Gasteiger partial charge in [-0.05, 0) is 30.9 Å². The third-order valence-electron chi connectivity index (χ3n) is 3.81. The van der Waals surface area contributed by atoms with Crippen molar-refractivity contribution in [2.75, 3.05) is 13.3 Å². The summed E-state index contributed by atoms with van der Waals surface area (Å²) in [6, 6.07) is 13.5. The molecule has 0 spiro atoms. The molecule has 5 nitrogen and oxygen atoms in total. The Kier molecular flexibility index (Phi) is 5.19. The van der Waals surface area contributed by atoms with Crippen molar-refractivity contribution in [2.24, 2.45) is 0 Å². The van der Waals surface area contributed by atoms with E-state index >= 15 is 0 Å². The van der Waals surface area contributed by atoms with Gasteiger partial charge in [-0.25, -0.2) is 9.97 Å². The van der Waals surface area contributed by atoms with Crippen molar-refractivity contribution < 1.29 is 9.21 Å². The Hall–Kier alpha value is -2.60. The number of benzene rings is 1. The van der Waals surface area contributed by atoms with Gasteiger partial charge in [0, 0.05) is 13.6 Å². The molecule has 0 atom stereocenters. The number of hydrogen-bond donors (Lipinski definition) is 0. The van der Waals surface area contributed by atoms with Gasteiger partial charge in [-0.1, -0.05) is 30.3 Å². The Bertz CT molecular complexity index is 864. The first-order valence-electron chi connectivity index (χ1n) is 7.86. The lowest BCUT2D eigenvalue weighted by Crippen LogP contribution is -2.28. The van der Waals surface area contributed by atoms with Gasteiger partial charge in [0.15, 0.2) is 11.6 Å². The molecule has 0 aliphatic heterocycles. The van der Waals surface area contributed by atoms with Gasteiger partial charge in [0.1, 0.15) is 5.03 Å². The van der Waals surface area contributed by atoms with E-state index in [-0.39, 0.29) is 5.91 Å². The summed E-state index contributed by atoms with van der Waals surface area (Å²) in [5, 5.41) is 0.656. The number of rotatable bonds is 5. The van der Waals surface area contributed by atoms with Gasteiger partial charge in [-0.2, -0.15) is 0 Å². The van der Waals surface area contributed by atoms with Crippen molar-refractivity contribution in [3.8, 4) is 11.6 Å². The highest BCUT2D eigenvalue weighted by atomic mass is 32.2. The third kappa shape index (κ3) is 3.74. The number of carbonyl (C=O) groups excluding carboxylic acids is 1. The predicted octanol–water partition coefficient (Wildman–Crippen LogP) is 4.04. The van der Waals surface area contributed by atoms with Gasteiger partial charge in [0.25, 0.3) is 5.91 Å². The molecule has 0 N–H and O–H groups in total. The van der Waals surface area contributed by atoms with Crippen LogP contribution in [0.3, 0.4) is 0 Å². The van der Waals surface area contributed by atoms with E-state index in [9.17, 15) is 4.79 Å². The van der Waals surface area contributed by atoms with Crippen LogP contribution < -0.4 is 0 Å². The number of amides is 1. The third-order valence-corrected chi connectivity index (χ3v) is 4.50. The molecule has 0 radical (unpaired) electrons. The maximum atomic E-state index is 13.0. The van der Waals surface area contributed by atoms with Crippen LogP contribution in [0, 0.1) is 6.92 Å². The molecule has 128 valence electrons. The van der Waals surface area contributed by atoms with Crippen LogP contribution in [-0.4, -0.2) is 34.1 Å². The molecule has 0 aliphatic rings. The van der Waals surface area contributed by atoms with Gasteiger partial charge >= 0.3 is 0 Å². The number of furan rings is 1. The molecular formula is C19H19N3O2S. The minimum Gasteiger partial charge on any atom is -0.461 e. The molecule has 3 rings (SSSR count). The summed E-state index contributed by atoms with van der Waals surface area (Å²) < 4.78 is 5.37. The molecule has 0 unspecified atom stereocenters. The second kappa shape index (κ2) is 7.53. The summed E-state index contributed by atoms with van der Waals surface area (Å²) >= 11 is 1.43. The van der Waals surface area contributed by atoms with Crippen LogP contribution in [0.5, 0.6) is 0 Å². The summed E-state index contributed by atoms with van der Waals surface area (Å²) in [5.74, 6) is 1.00. The van der Waals surface area contributed by atoms with Gasteiger partial charge in [0.2, 0.25) is 0 Å². The second-order valence-corrected chi connectivity index (χ2v) is 6.44. The van der Waals surface area contributed by atoms with Crippen molar-refractivity contribution in [1.29, 1.82) is 0 Å². The summed E-state index contributed by atoms with van der Waals surface area (Å²) in [5.41, 5.74) is 2.27. The summed E-state index contributed by atoms with van der Waals surface area (Å²) in [7, 11) is 1.79. The molecule has 2 heterocycles. The summed E-state index contributed by atoms with van der Waals surface area (Å²) in [6.07, 6.45) is 3.49. The van der Waals surface area contributed by atoms with Crippen LogP contribution in [0.1, 0.15) is 21.6 Å². The fourth-order valence-electron chi connectivity index (χ4n) is 2.58. The van der Waals surface area contributed by atoms with Gasteiger partial charge < -0.3 is 9.32 Å². The van der Waals surface area contributed by atoms with Crippen LogP contribution in [-0.2, 0) is 6.54 Å². The Morgan fingerprint density at radius 1 is 1.16 bits per heavy atom. The fraction of sp³-hybridized carbons (Fsp3) is 0.211. The van der Waals surface area contributed by atoms with Crippen molar-refractivity contribution >= 4 is 17.7 Å². The molecule has 1 aromatic carbocycles. The molecule has 0 aliphatic carbocycles. The zero-order valence-corrected chi connectivity index (χ0v) is 15.2. The lowest BCUT2D eigenvalue weighted by Gasteiger charge is -2.19. The standard InChI is InChI=1S/C19H19N3O2S/c1-13-16(19(23)22(2)12-14-8-5-4-6-9-14)18(25-3)21-17(20-13)15-10-7-11-24-15/h4-11H,12H2,1-3H3. The van der Waals surface area contributed by atoms with Gasteiger partial charge in [-0.15, -0.1) is 11.8 Å². The van der Waals surface area contributed by atoms with E-state index in [0.717, 1.165) is 5.56 Å². The van der Waals surface area contributed by atoms with E-state index in [1.54, 1.807) is 24.3 Å². The lowest BCUT2D eigenvalue weighted by atomic mass is 10.1. The molecule has 2 aromatic heterocycles. The highest BCUT2D eigenvalue weighted by molar-refractivity contribution is 7.98. The van der Waals surface area contributed by atoms with E-state index in [1.165, 1.54) is 11.8 Å². The van der Waals surface area contributed by atoms with Crippen LogP contribution in [0.4, 0.5) is 0 Å². The Morgan fingerprint density at radius 2 is 1.92 bits per heavy atom. The zero-order chi connectivity index (χ0) is 17.8. The van der Waals surface area contributed by atoms with E-state index in [1.807, 2.05) is 49.6 Å². The lowest BCUT2D eigenvalue weighted by molar-refractivity contribution is 0.0779. The Balaban J connectivity index is 1.91. The smallest absolute Gasteiger partial charge is 0.258 e. The maximum Gasteiger partial charge on any atom is 0.258 e. The largest absolute Gasteiger partial charge is 0.461 e. The molecule has 0 bridgehead atoms. The second-order valence-electron chi connectivity index (χ2n) is 5.64. The number of thioether (sulfide) groups is 1. The minimum atomic E-state index is -0.0864. The van der Waals surface area contributed by atoms with Crippen molar-refractivity contribution in [3.63, 3.8) is 0 Å². The normalized spacial score (nSPS) is 10.7. The molecule has 25 heavy (non-hydrogen) atoms. The van der Waals surface area contributed by atoms with Crippen LogP contribution in [0.2, 0.25) is 0 Å². The highest BCUT2D eigenvalue weighted by Crippen LogP contribution is 2.26.